The Morgan fingerprint density at radius 1 is 1.13 bits per heavy atom. The highest BCUT2D eigenvalue weighted by atomic mass is 35.5. The number of alkyl halides is 3. The zero-order valence-electron chi connectivity index (χ0n) is 20.0. The number of fused-ring (bicyclic) bond motifs is 1. The van der Waals surface area contributed by atoms with Crippen molar-refractivity contribution in [2.45, 2.75) is 19.6 Å². The third kappa shape index (κ3) is 4.80. The van der Waals surface area contributed by atoms with Gasteiger partial charge >= 0.3 is 11.7 Å². The summed E-state index contributed by atoms with van der Waals surface area (Å²) in [6.45, 7) is 1.78. The van der Waals surface area contributed by atoms with E-state index in [0.29, 0.717) is 11.4 Å². The first-order valence-electron chi connectivity index (χ1n) is 11.3. The Labute approximate surface area is 218 Å². The second kappa shape index (κ2) is 9.49. The summed E-state index contributed by atoms with van der Waals surface area (Å²) >= 11 is 5.88. The fourth-order valence-electron chi connectivity index (χ4n) is 4.10. The summed E-state index contributed by atoms with van der Waals surface area (Å²) < 4.78 is 50.1. The van der Waals surface area contributed by atoms with Gasteiger partial charge in [0.15, 0.2) is 5.75 Å². The summed E-state index contributed by atoms with van der Waals surface area (Å²) in [5.41, 5.74) is -0.808. The SMILES string of the molecule is Cc1cc(Oc2ccc3n(c2)c(=O)c(-c2cccc(C(F)(F)F)c2)c([O-])[n+]3Cc2ccc(Cl)nc2)n(C)n1. The molecule has 0 amide bonds. The smallest absolute Gasteiger partial charge is 0.416 e. The summed E-state index contributed by atoms with van der Waals surface area (Å²) in [6.07, 6.45) is -1.80. The van der Waals surface area contributed by atoms with E-state index in [0.717, 1.165) is 23.9 Å². The number of aromatic nitrogens is 5. The molecule has 5 aromatic rings. The summed E-state index contributed by atoms with van der Waals surface area (Å²) in [6, 6.07) is 12.1. The van der Waals surface area contributed by atoms with Crippen LogP contribution >= 0.6 is 11.6 Å². The maximum absolute atomic E-state index is 13.6. The molecule has 0 spiro atoms. The summed E-state index contributed by atoms with van der Waals surface area (Å²) in [4.78, 5) is 17.6. The Balaban J connectivity index is 1.73. The van der Waals surface area contributed by atoms with Gasteiger partial charge in [-0.25, -0.2) is 19.0 Å². The van der Waals surface area contributed by atoms with Crippen LogP contribution in [0.2, 0.25) is 5.15 Å². The van der Waals surface area contributed by atoms with Crippen LogP contribution in [0.25, 0.3) is 16.8 Å². The fraction of sp³-hybridized carbons (Fsp3) is 0.154. The zero-order chi connectivity index (χ0) is 27.2. The second-order valence-corrected chi connectivity index (χ2v) is 8.97. The molecule has 0 aliphatic carbocycles. The third-order valence-electron chi connectivity index (χ3n) is 5.86. The van der Waals surface area contributed by atoms with Gasteiger partial charge in [-0.3, -0.25) is 0 Å². The fourth-order valence-corrected chi connectivity index (χ4v) is 4.22. The molecule has 5 rings (SSSR count). The van der Waals surface area contributed by atoms with Gasteiger partial charge in [-0.2, -0.15) is 22.7 Å². The number of hydrogen-bond acceptors (Lipinski definition) is 5. The topological polar surface area (TPSA) is 88.4 Å². The standard InChI is InChI=1S/C26H19ClF3N5O3/c1-15-10-22(33(2)32-15)38-19-7-9-21-34(13-16-6-8-20(27)31-12-16)24(36)23(25(37)35(21)14-19)17-4-3-5-18(11-17)26(28,29)30/h3-12,14H,13H2,1-2H3. The van der Waals surface area contributed by atoms with Crippen LogP contribution in [0.4, 0.5) is 13.2 Å². The lowest BCUT2D eigenvalue weighted by Gasteiger charge is -2.18. The van der Waals surface area contributed by atoms with Crippen LogP contribution in [-0.2, 0) is 19.8 Å². The van der Waals surface area contributed by atoms with Gasteiger partial charge in [-0.1, -0.05) is 29.8 Å². The predicted octanol–water partition coefficient (Wildman–Crippen LogP) is 4.28. The van der Waals surface area contributed by atoms with Crippen molar-refractivity contribution < 1.29 is 27.6 Å². The lowest BCUT2D eigenvalue weighted by molar-refractivity contribution is -0.708. The lowest BCUT2D eigenvalue weighted by Crippen LogP contribution is -2.44. The molecule has 194 valence electrons. The van der Waals surface area contributed by atoms with Crippen molar-refractivity contribution in [3.05, 3.63) is 99.3 Å². The van der Waals surface area contributed by atoms with E-state index in [1.54, 1.807) is 38.2 Å². The molecule has 0 saturated heterocycles. The predicted molar refractivity (Wildman–Crippen MR) is 130 cm³/mol. The van der Waals surface area contributed by atoms with Crippen molar-refractivity contribution >= 4 is 17.2 Å². The molecule has 8 nitrogen and oxygen atoms in total. The van der Waals surface area contributed by atoms with Crippen molar-refractivity contribution in [1.82, 2.24) is 19.2 Å². The average Bonchev–Trinajstić information content (AvgIpc) is 3.19. The van der Waals surface area contributed by atoms with E-state index in [9.17, 15) is 23.1 Å². The molecule has 0 saturated carbocycles. The molecule has 0 radical (unpaired) electrons. The van der Waals surface area contributed by atoms with Gasteiger partial charge in [0.1, 0.15) is 23.5 Å². The number of ether oxygens (including phenoxy) is 1. The van der Waals surface area contributed by atoms with Gasteiger partial charge in [-0.15, -0.1) is 0 Å². The van der Waals surface area contributed by atoms with Crippen molar-refractivity contribution in [2.24, 2.45) is 7.05 Å². The Hall–Kier alpha value is -4.38. The van der Waals surface area contributed by atoms with E-state index >= 15 is 0 Å². The molecule has 4 heterocycles. The van der Waals surface area contributed by atoms with Gasteiger partial charge in [-0.05, 0) is 36.8 Å². The van der Waals surface area contributed by atoms with Gasteiger partial charge in [0.05, 0.1) is 17.1 Å². The normalized spacial score (nSPS) is 11.7. The molecule has 0 bridgehead atoms. The highest BCUT2D eigenvalue weighted by Crippen LogP contribution is 2.33. The number of rotatable bonds is 5. The highest BCUT2D eigenvalue weighted by molar-refractivity contribution is 6.29. The first kappa shape index (κ1) is 25.3. The van der Waals surface area contributed by atoms with Gasteiger partial charge in [0.25, 0.3) is 5.65 Å². The van der Waals surface area contributed by atoms with E-state index in [2.05, 4.69) is 10.1 Å². The monoisotopic (exact) mass is 541 g/mol. The summed E-state index contributed by atoms with van der Waals surface area (Å²) in [5.74, 6) is -0.0790. The van der Waals surface area contributed by atoms with Gasteiger partial charge < -0.3 is 9.84 Å². The molecular formula is C26H19ClF3N5O3. The Morgan fingerprint density at radius 3 is 2.58 bits per heavy atom. The van der Waals surface area contributed by atoms with Crippen LogP contribution in [0.3, 0.4) is 0 Å². The minimum atomic E-state index is -4.65. The average molecular weight is 542 g/mol. The molecule has 0 fully saturated rings. The maximum Gasteiger partial charge on any atom is 0.416 e. The van der Waals surface area contributed by atoms with Crippen molar-refractivity contribution in [3.8, 4) is 28.6 Å². The van der Waals surface area contributed by atoms with Crippen LogP contribution in [0.1, 0.15) is 16.8 Å². The Bertz CT molecular complexity index is 1730. The van der Waals surface area contributed by atoms with Gasteiger partial charge in [0, 0.05) is 30.9 Å². The summed E-state index contributed by atoms with van der Waals surface area (Å²) in [7, 11) is 1.69. The number of pyridine rings is 2. The van der Waals surface area contributed by atoms with Gasteiger partial charge in [0.2, 0.25) is 5.88 Å². The van der Waals surface area contributed by atoms with Crippen LogP contribution < -0.4 is 20.0 Å². The zero-order valence-corrected chi connectivity index (χ0v) is 20.8. The van der Waals surface area contributed by atoms with Crippen LogP contribution in [0.5, 0.6) is 17.5 Å². The third-order valence-corrected chi connectivity index (χ3v) is 6.08. The number of benzene rings is 1. The molecule has 0 unspecified atom stereocenters. The molecule has 0 atom stereocenters. The van der Waals surface area contributed by atoms with E-state index in [1.807, 2.05) is 0 Å². The van der Waals surface area contributed by atoms with E-state index in [1.165, 1.54) is 38.2 Å². The minimum absolute atomic E-state index is 0.0140. The van der Waals surface area contributed by atoms with Crippen LogP contribution in [0, 0.1) is 6.92 Å². The maximum atomic E-state index is 13.6. The second-order valence-electron chi connectivity index (χ2n) is 8.58. The van der Waals surface area contributed by atoms with Crippen LogP contribution in [-0.4, -0.2) is 19.2 Å². The number of aryl methyl sites for hydroxylation is 2. The van der Waals surface area contributed by atoms with E-state index in [-0.39, 0.29) is 28.7 Å². The molecule has 0 N–H and O–H groups in total. The molecular weight excluding hydrogens is 523 g/mol. The quantitative estimate of drug-likeness (QED) is 0.245. The number of halogens is 4. The first-order chi connectivity index (χ1) is 18.0. The van der Waals surface area contributed by atoms with Crippen molar-refractivity contribution in [1.29, 1.82) is 0 Å². The van der Waals surface area contributed by atoms with Crippen LogP contribution in [0.15, 0.2) is 71.8 Å². The molecule has 1 aromatic carbocycles. The Kier molecular flexibility index (Phi) is 6.31. The van der Waals surface area contributed by atoms with E-state index in [4.69, 9.17) is 16.3 Å². The van der Waals surface area contributed by atoms with Crippen molar-refractivity contribution in [3.63, 3.8) is 0 Å². The minimum Gasteiger partial charge on any atom is -0.842 e. The number of nitrogens with zero attached hydrogens (tertiary/aromatic N) is 5. The highest BCUT2D eigenvalue weighted by Gasteiger charge is 2.31. The molecule has 0 aliphatic heterocycles. The molecule has 4 aromatic heterocycles. The van der Waals surface area contributed by atoms with E-state index < -0.39 is 28.7 Å². The lowest BCUT2D eigenvalue weighted by atomic mass is 10.0. The largest absolute Gasteiger partial charge is 0.842 e. The Morgan fingerprint density at radius 2 is 1.92 bits per heavy atom. The first-order valence-corrected chi connectivity index (χ1v) is 11.6. The molecule has 38 heavy (non-hydrogen) atoms. The molecule has 12 heteroatoms. The summed E-state index contributed by atoms with van der Waals surface area (Å²) in [5, 5.41) is 18.1. The number of hydrogen-bond donors (Lipinski definition) is 0. The molecule has 0 aliphatic rings. The van der Waals surface area contributed by atoms with Crippen molar-refractivity contribution in [2.75, 3.05) is 0 Å².